The molecule has 1 amide bonds. The van der Waals surface area contributed by atoms with Gasteiger partial charge in [-0.2, -0.15) is 0 Å². The molecule has 1 aromatic carbocycles. The Labute approximate surface area is 143 Å². The average molecular weight is 326 g/mol. The number of benzene rings is 1. The van der Waals surface area contributed by atoms with Crippen molar-refractivity contribution in [2.75, 3.05) is 20.2 Å². The number of hydrogen-bond acceptors (Lipinski definition) is 2. The molecule has 0 unspecified atom stereocenters. The van der Waals surface area contributed by atoms with Crippen LogP contribution in [0.2, 0.25) is 0 Å². The lowest BCUT2D eigenvalue weighted by atomic mass is 9.76. The van der Waals surface area contributed by atoms with E-state index in [1.807, 2.05) is 25.4 Å². The molecule has 0 bridgehead atoms. The van der Waals surface area contributed by atoms with Crippen molar-refractivity contribution in [2.24, 2.45) is 5.41 Å². The van der Waals surface area contributed by atoms with Gasteiger partial charge in [0.15, 0.2) is 0 Å². The van der Waals surface area contributed by atoms with E-state index in [9.17, 15) is 4.79 Å². The molecule has 24 heavy (non-hydrogen) atoms. The van der Waals surface area contributed by atoms with Crippen LogP contribution in [-0.2, 0) is 16.0 Å². The van der Waals surface area contributed by atoms with Crippen LogP contribution in [0, 0.1) is 5.41 Å². The van der Waals surface area contributed by atoms with Crippen LogP contribution >= 0.6 is 0 Å². The molecule has 1 N–H and O–H groups in total. The fraction of sp³-hybridized carbons (Fsp3) is 0.550. The Hall–Kier alpha value is -1.81. The number of carbonyl (C=O) groups is 1. The van der Waals surface area contributed by atoms with Gasteiger partial charge < -0.3 is 14.6 Å². The third-order valence-electron chi connectivity index (χ3n) is 6.09. The Kier molecular flexibility index (Phi) is 4.09. The normalized spacial score (nSPS) is 27.2. The number of aromatic amines is 1. The molecule has 1 aliphatic heterocycles. The largest absolute Gasteiger partial charge is 0.381 e. The minimum absolute atomic E-state index is 0.197. The molecule has 1 aromatic heterocycles. The zero-order valence-electron chi connectivity index (χ0n) is 14.4. The van der Waals surface area contributed by atoms with Gasteiger partial charge in [0.2, 0.25) is 5.91 Å². The predicted octanol–water partition coefficient (Wildman–Crippen LogP) is 3.52. The van der Waals surface area contributed by atoms with Gasteiger partial charge >= 0.3 is 0 Å². The SMILES string of the molecule is CO[C@@H]1CCC[C@@]12CCCN(C(=O)Cc1c[nH]c3ccccc13)C2. The fourth-order valence-electron chi connectivity index (χ4n) is 4.87. The van der Waals surface area contributed by atoms with E-state index in [4.69, 9.17) is 4.74 Å². The number of hydrogen-bond donors (Lipinski definition) is 1. The molecule has 0 radical (unpaired) electrons. The molecule has 4 rings (SSSR count). The Morgan fingerprint density at radius 3 is 3.04 bits per heavy atom. The summed E-state index contributed by atoms with van der Waals surface area (Å²) in [7, 11) is 1.82. The van der Waals surface area contributed by atoms with Crippen molar-refractivity contribution in [1.29, 1.82) is 0 Å². The molecule has 4 heteroatoms. The highest BCUT2D eigenvalue weighted by molar-refractivity contribution is 5.88. The maximum absolute atomic E-state index is 12.9. The summed E-state index contributed by atoms with van der Waals surface area (Å²) in [5.74, 6) is 0.251. The molecule has 1 aliphatic carbocycles. The van der Waals surface area contributed by atoms with E-state index in [1.54, 1.807) is 0 Å². The van der Waals surface area contributed by atoms with Crippen molar-refractivity contribution in [3.05, 3.63) is 36.0 Å². The zero-order chi connectivity index (χ0) is 16.6. The lowest BCUT2D eigenvalue weighted by molar-refractivity contribution is -0.136. The van der Waals surface area contributed by atoms with Gasteiger partial charge in [0, 0.05) is 42.7 Å². The molecule has 1 saturated carbocycles. The van der Waals surface area contributed by atoms with E-state index in [2.05, 4.69) is 22.0 Å². The molecule has 1 spiro atoms. The summed E-state index contributed by atoms with van der Waals surface area (Å²) in [5.41, 5.74) is 2.40. The molecular weight excluding hydrogens is 300 g/mol. The molecule has 128 valence electrons. The first-order chi connectivity index (χ1) is 11.7. The molecule has 4 nitrogen and oxygen atoms in total. The minimum Gasteiger partial charge on any atom is -0.381 e. The standard InChI is InChI=1S/C20H26N2O2/c1-24-18-8-4-9-20(18)10-5-11-22(14-20)19(23)12-15-13-21-17-7-3-2-6-16(15)17/h2-3,6-7,13,18,21H,4-5,8-12,14H2,1H3/t18-,20+/m1/s1. The molecule has 1 saturated heterocycles. The second-order valence-electron chi connectivity index (χ2n) is 7.43. The summed E-state index contributed by atoms with van der Waals surface area (Å²) < 4.78 is 5.75. The van der Waals surface area contributed by atoms with Gasteiger partial charge in [0.1, 0.15) is 0 Å². The summed E-state index contributed by atoms with van der Waals surface area (Å²) in [6, 6.07) is 8.19. The van der Waals surface area contributed by atoms with Crippen LogP contribution in [0.15, 0.2) is 30.5 Å². The van der Waals surface area contributed by atoms with Crippen LogP contribution in [0.3, 0.4) is 0 Å². The predicted molar refractivity (Wildman–Crippen MR) is 94.9 cm³/mol. The van der Waals surface area contributed by atoms with Crippen molar-refractivity contribution in [2.45, 2.75) is 44.6 Å². The Morgan fingerprint density at radius 2 is 2.17 bits per heavy atom. The number of amides is 1. The monoisotopic (exact) mass is 326 g/mol. The molecule has 2 aliphatic rings. The number of H-pyrrole nitrogens is 1. The quantitative estimate of drug-likeness (QED) is 0.938. The maximum atomic E-state index is 12.9. The minimum atomic E-state index is 0.197. The first-order valence-corrected chi connectivity index (χ1v) is 9.07. The van der Waals surface area contributed by atoms with Gasteiger partial charge in [-0.05, 0) is 37.3 Å². The first kappa shape index (κ1) is 15.7. The smallest absolute Gasteiger partial charge is 0.227 e. The summed E-state index contributed by atoms with van der Waals surface area (Å²) in [5, 5.41) is 1.16. The van der Waals surface area contributed by atoms with Crippen LogP contribution in [0.1, 0.15) is 37.7 Å². The van der Waals surface area contributed by atoms with Crippen molar-refractivity contribution in [3.8, 4) is 0 Å². The molecule has 2 aromatic rings. The van der Waals surface area contributed by atoms with E-state index in [1.165, 1.54) is 19.3 Å². The number of nitrogens with zero attached hydrogens (tertiary/aromatic N) is 1. The third kappa shape index (κ3) is 2.63. The average Bonchev–Trinajstić information content (AvgIpc) is 3.19. The van der Waals surface area contributed by atoms with Crippen LogP contribution < -0.4 is 0 Å². The third-order valence-corrected chi connectivity index (χ3v) is 6.09. The number of methoxy groups -OCH3 is 1. The van der Waals surface area contributed by atoms with Crippen LogP contribution in [0.4, 0.5) is 0 Å². The summed E-state index contributed by atoms with van der Waals surface area (Å²) in [4.78, 5) is 18.3. The maximum Gasteiger partial charge on any atom is 0.227 e. The highest BCUT2D eigenvalue weighted by atomic mass is 16.5. The van der Waals surface area contributed by atoms with E-state index in [0.29, 0.717) is 12.5 Å². The number of rotatable bonds is 3. The van der Waals surface area contributed by atoms with Gasteiger partial charge in [-0.3, -0.25) is 4.79 Å². The number of fused-ring (bicyclic) bond motifs is 1. The van der Waals surface area contributed by atoms with Crippen molar-refractivity contribution < 1.29 is 9.53 Å². The lowest BCUT2D eigenvalue weighted by Gasteiger charge is -2.43. The van der Waals surface area contributed by atoms with Crippen molar-refractivity contribution in [1.82, 2.24) is 9.88 Å². The van der Waals surface area contributed by atoms with Gasteiger partial charge in [-0.25, -0.2) is 0 Å². The number of likely N-dealkylation sites (tertiary alicyclic amines) is 1. The highest BCUT2D eigenvalue weighted by Gasteiger charge is 2.46. The second-order valence-corrected chi connectivity index (χ2v) is 7.43. The first-order valence-electron chi connectivity index (χ1n) is 9.07. The molecular formula is C20H26N2O2. The molecule has 2 fully saturated rings. The molecule has 2 atom stereocenters. The van der Waals surface area contributed by atoms with Crippen molar-refractivity contribution in [3.63, 3.8) is 0 Å². The Balaban J connectivity index is 1.50. The zero-order valence-corrected chi connectivity index (χ0v) is 14.4. The summed E-state index contributed by atoms with van der Waals surface area (Å²) >= 11 is 0. The number of piperidine rings is 1. The number of nitrogens with one attached hydrogen (secondary N) is 1. The Morgan fingerprint density at radius 1 is 1.33 bits per heavy atom. The van der Waals surface area contributed by atoms with E-state index >= 15 is 0 Å². The van der Waals surface area contributed by atoms with Gasteiger partial charge in [0.05, 0.1) is 12.5 Å². The number of aromatic nitrogens is 1. The number of para-hydroxylation sites is 1. The Bertz CT molecular complexity index is 738. The lowest BCUT2D eigenvalue weighted by Crippen LogP contribution is -2.50. The van der Waals surface area contributed by atoms with E-state index in [0.717, 1.165) is 42.4 Å². The highest BCUT2D eigenvalue weighted by Crippen LogP contribution is 2.46. The van der Waals surface area contributed by atoms with E-state index < -0.39 is 0 Å². The number of ether oxygens (including phenoxy) is 1. The number of carbonyl (C=O) groups excluding carboxylic acids is 1. The van der Waals surface area contributed by atoms with Crippen LogP contribution in [0.25, 0.3) is 10.9 Å². The van der Waals surface area contributed by atoms with Crippen molar-refractivity contribution >= 4 is 16.8 Å². The molecule has 2 heterocycles. The summed E-state index contributed by atoms with van der Waals surface area (Å²) in [6.45, 7) is 1.76. The van der Waals surface area contributed by atoms with Gasteiger partial charge in [-0.1, -0.05) is 24.6 Å². The second kappa shape index (κ2) is 6.25. The topological polar surface area (TPSA) is 45.3 Å². The van der Waals surface area contributed by atoms with E-state index in [-0.39, 0.29) is 11.3 Å². The van der Waals surface area contributed by atoms with Gasteiger partial charge in [0.25, 0.3) is 0 Å². The fourth-order valence-corrected chi connectivity index (χ4v) is 4.87. The van der Waals surface area contributed by atoms with Crippen LogP contribution in [-0.4, -0.2) is 42.1 Å². The van der Waals surface area contributed by atoms with Crippen LogP contribution in [0.5, 0.6) is 0 Å². The van der Waals surface area contributed by atoms with Gasteiger partial charge in [-0.15, -0.1) is 0 Å². The summed E-state index contributed by atoms with van der Waals surface area (Å²) in [6.07, 6.45) is 8.64.